The van der Waals surface area contributed by atoms with E-state index in [1.807, 2.05) is 0 Å². The molecule has 0 N–H and O–H groups in total. The molecule has 1 aromatic heterocycles. The number of hydrogen-bond donors (Lipinski definition) is 0. The zero-order valence-electron chi connectivity index (χ0n) is 11.5. The van der Waals surface area contributed by atoms with Crippen molar-refractivity contribution in [3.05, 3.63) is 55.9 Å². The van der Waals surface area contributed by atoms with E-state index in [0.717, 1.165) is 0 Å². The number of benzene rings is 1. The van der Waals surface area contributed by atoms with Crippen molar-refractivity contribution in [2.75, 3.05) is 0 Å². The van der Waals surface area contributed by atoms with E-state index < -0.39 is 50.5 Å². The number of nitro benzene ring substituents is 2. The molecule has 0 aliphatic carbocycles. The van der Waals surface area contributed by atoms with Gasteiger partial charge in [0.15, 0.2) is 5.69 Å². The Morgan fingerprint density at radius 3 is 1.72 bits per heavy atom. The highest BCUT2D eigenvalue weighted by Gasteiger charge is 2.39. The molecular weight excluding hydrogens is 366 g/mol. The first kappa shape index (κ1) is 18.2. The molecule has 8 nitrogen and oxygen atoms in total. The SMILES string of the molecule is O=[N+]([O-])c1cc(C(F)(F)F)cc([N+](=O)[O-])c1-n1ccc(C(F)(F)F)n1. The lowest BCUT2D eigenvalue weighted by molar-refractivity contribution is -0.394. The maximum Gasteiger partial charge on any atom is 0.435 e. The van der Waals surface area contributed by atoms with Gasteiger partial charge in [0.05, 0.1) is 15.4 Å². The van der Waals surface area contributed by atoms with Crippen LogP contribution in [0.4, 0.5) is 37.7 Å². The number of halogens is 6. The summed E-state index contributed by atoms with van der Waals surface area (Å²) in [6.07, 6.45) is -9.58. The molecule has 2 aromatic rings. The van der Waals surface area contributed by atoms with E-state index in [1.54, 1.807) is 0 Å². The van der Waals surface area contributed by atoms with E-state index >= 15 is 0 Å². The van der Waals surface area contributed by atoms with Gasteiger partial charge >= 0.3 is 23.7 Å². The third-order valence-electron chi connectivity index (χ3n) is 2.90. The largest absolute Gasteiger partial charge is 0.435 e. The number of rotatable bonds is 3. The monoisotopic (exact) mass is 370 g/mol. The van der Waals surface area contributed by atoms with Crippen LogP contribution in [-0.4, -0.2) is 19.6 Å². The summed E-state index contributed by atoms with van der Waals surface area (Å²) >= 11 is 0. The van der Waals surface area contributed by atoms with Gasteiger partial charge in [0.2, 0.25) is 5.69 Å². The van der Waals surface area contributed by atoms with E-state index in [1.165, 1.54) is 0 Å². The molecule has 0 radical (unpaired) electrons. The zero-order valence-corrected chi connectivity index (χ0v) is 11.5. The van der Waals surface area contributed by atoms with Crippen LogP contribution in [0.1, 0.15) is 11.3 Å². The molecule has 14 heteroatoms. The number of nitrogens with zero attached hydrogens (tertiary/aromatic N) is 4. The van der Waals surface area contributed by atoms with Gasteiger partial charge in [-0.25, -0.2) is 4.68 Å². The summed E-state index contributed by atoms with van der Waals surface area (Å²) in [6, 6.07) is 0.333. The molecule has 0 amide bonds. The molecule has 0 unspecified atom stereocenters. The van der Waals surface area contributed by atoms with Gasteiger partial charge in [-0.2, -0.15) is 31.4 Å². The molecule has 25 heavy (non-hydrogen) atoms. The maximum absolute atomic E-state index is 12.8. The summed E-state index contributed by atoms with van der Waals surface area (Å²) in [5.74, 6) is 0. The fraction of sp³-hybridized carbons (Fsp3) is 0.182. The van der Waals surface area contributed by atoms with Gasteiger partial charge < -0.3 is 0 Å². The van der Waals surface area contributed by atoms with Crippen molar-refractivity contribution in [2.45, 2.75) is 12.4 Å². The fourth-order valence-electron chi connectivity index (χ4n) is 1.88. The van der Waals surface area contributed by atoms with Crippen molar-refractivity contribution < 1.29 is 36.2 Å². The van der Waals surface area contributed by atoms with Gasteiger partial charge in [-0.1, -0.05) is 0 Å². The average Bonchev–Trinajstić information content (AvgIpc) is 2.94. The Hall–Kier alpha value is -3.19. The molecule has 0 aliphatic heterocycles. The van der Waals surface area contributed by atoms with Crippen LogP contribution in [0.15, 0.2) is 24.4 Å². The highest BCUT2D eigenvalue weighted by Crippen LogP contribution is 2.40. The van der Waals surface area contributed by atoms with Crippen molar-refractivity contribution >= 4 is 11.4 Å². The second kappa shape index (κ2) is 5.71. The summed E-state index contributed by atoms with van der Waals surface area (Å²) < 4.78 is 76.1. The Kier molecular flexibility index (Phi) is 4.15. The van der Waals surface area contributed by atoms with Crippen LogP contribution in [0.2, 0.25) is 0 Å². The van der Waals surface area contributed by atoms with Crippen molar-refractivity contribution in [3.8, 4) is 5.69 Å². The molecule has 1 heterocycles. The fourth-order valence-corrected chi connectivity index (χ4v) is 1.88. The molecule has 0 aliphatic rings. The van der Waals surface area contributed by atoms with Gasteiger partial charge in [0, 0.05) is 18.3 Å². The van der Waals surface area contributed by atoms with Crippen LogP contribution in [0.25, 0.3) is 5.69 Å². The molecule has 0 fully saturated rings. The van der Waals surface area contributed by atoms with Crippen LogP contribution in [0.5, 0.6) is 0 Å². The van der Waals surface area contributed by atoms with E-state index in [2.05, 4.69) is 5.10 Å². The molecule has 0 saturated heterocycles. The first-order chi connectivity index (χ1) is 11.3. The highest BCUT2D eigenvalue weighted by atomic mass is 19.4. The normalized spacial score (nSPS) is 12.2. The number of alkyl halides is 6. The highest BCUT2D eigenvalue weighted by molar-refractivity contribution is 5.67. The van der Waals surface area contributed by atoms with Crippen LogP contribution in [-0.2, 0) is 12.4 Å². The Morgan fingerprint density at radius 2 is 1.40 bits per heavy atom. The lowest BCUT2D eigenvalue weighted by Crippen LogP contribution is -2.12. The minimum absolute atomic E-state index is 0.0166. The zero-order chi connectivity index (χ0) is 19.2. The molecule has 0 saturated carbocycles. The summed E-state index contributed by atoms with van der Waals surface area (Å²) in [6.45, 7) is 0. The molecule has 0 atom stereocenters. The molecule has 2 rings (SSSR count). The lowest BCUT2D eigenvalue weighted by Gasteiger charge is -2.10. The first-order valence-corrected chi connectivity index (χ1v) is 5.99. The number of hydrogen-bond acceptors (Lipinski definition) is 5. The van der Waals surface area contributed by atoms with E-state index in [-0.39, 0.29) is 16.8 Å². The second-order valence-electron chi connectivity index (χ2n) is 4.52. The van der Waals surface area contributed by atoms with Gasteiger partial charge in [-0.15, -0.1) is 0 Å². The number of nitro groups is 2. The van der Waals surface area contributed by atoms with Crippen molar-refractivity contribution in [3.63, 3.8) is 0 Å². The Bertz CT molecular complexity index is 822. The third kappa shape index (κ3) is 3.51. The summed E-state index contributed by atoms with van der Waals surface area (Å²) in [5, 5.41) is 24.9. The van der Waals surface area contributed by atoms with Crippen molar-refractivity contribution in [1.82, 2.24) is 9.78 Å². The minimum Gasteiger partial charge on any atom is -0.258 e. The Balaban J connectivity index is 2.82. The van der Waals surface area contributed by atoms with Crippen molar-refractivity contribution in [1.29, 1.82) is 0 Å². The standard InChI is InChI=1S/C11H4F6N4O4/c12-10(13,14)5-3-6(20(22)23)9(7(4-5)21(24)25)19-2-1-8(18-19)11(15,16)17/h1-4H. The molecule has 134 valence electrons. The smallest absolute Gasteiger partial charge is 0.258 e. The van der Waals surface area contributed by atoms with E-state index in [4.69, 9.17) is 0 Å². The van der Waals surface area contributed by atoms with Gasteiger partial charge in [-0.3, -0.25) is 20.2 Å². The predicted molar refractivity (Wildman–Crippen MR) is 66.9 cm³/mol. The van der Waals surface area contributed by atoms with Crippen molar-refractivity contribution in [2.24, 2.45) is 0 Å². The van der Waals surface area contributed by atoms with E-state index in [0.29, 0.717) is 12.3 Å². The minimum atomic E-state index is -5.14. The van der Waals surface area contributed by atoms with Gasteiger partial charge in [-0.05, 0) is 6.07 Å². The average molecular weight is 370 g/mol. The topological polar surface area (TPSA) is 104 Å². The number of aromatic nitrogens is 2. The molecule has 0 spiro atoms. The Morgan fingerprint density at radius 1 is 0.920 bits per heavy atom. The predicted octanol–water partition coefficient (Wildman–Crippen LogP) is 3.73. The molecule has 1 aromatic carbocycles. The second-order valence-corrected chi connectivity index (χ2v) is 4.52. The summed E-state index contributed by atoms with van der Waals surface area (Å²) in [5.41, 5.74) is -7.19. The lowest BCUT2D eigenvalue weighted by atomic mass is 10.1. The maximum atomic E-state index is 12.8. The van der Waals surface area contributed by atoms with Gasteiger partial charge in [0.25, 0.3) is 0 Å². The van der Waals surface area contributed by atoms with Gasteiger partial charge in [0.1, 0.15) is 0 Å². The third-order valence-corrected chi connectivity index (χ3v) is 2.90. The summed E-state index contributed by atoms with van der Waals surface area (Å²) in [4.78, 5) is 19.2. The Labute approximate surface area is 132 Å². The van der Waals surface area contributed by atoms with E-state index in [9.17, 15) is 46.6 Å². The molecular formula is C11H4F6N4O4. The van der Waals surface area contributed by atoms with Crippen LogP contribution >= 0.6 is 0 Å². The van der Waals surface area contributed by atoms with Crippen LogP contribution in [0.3, 0.4) is 0 Å². The summed E-state index contributed by atoms with van der Waals surface area (Å²) in [7, 11) is 0. The molecule has 0 bridgehead atoms. The first-order valence-electron chi connectivity index (χ1n) is 5.99. The quantitative estimate of drug-likeness (QED) is 0.465. The van der Waals surface area contributed by atoms with Crippen LogP contribution in [0, 0.1) is 20.2 Å². The van der Waals surface area contributed by atoms with Crippen LogP contribution < -0.4 is 0 Å².